The summed E-state index contributed by atoms with van der Waals surface area (Å²) in [4.78, 5) is 14.2. The van der Waals surface area contributed by atoms with Gasteiger partial charge in [-0.25, -0.2) is 4.39 Å². The summed E-state index contributed by atoms with van der Waals surface area (Å²) in [6.45, 7) is 4.38. The van der Waals surface area contributed by atoms with Crippen LogP contribution in [0.25, 0.3) is 0 Å². The number of halogens is 1. The molecule has 0 bridgehead atoms. The van der Waals surface area contributed by atoms with Gasteiger partial charge in [-0.1, -0.05) is 60.7 Å². The van der Waals surface area contributed by atoms with Crippen LogP contribution in [-0.2, 0) is 11.3 Å². The van der Waals surface area contributed by atoms with Crippen molar-refractivity contribution in [1.82, 2.24) is 0 Å². The van der Waals surface area contributed by atoms with E-state index in [-0.39, 0.29) is 11.7 Å². The molecule has 2 N–H and O–H groups in total. The van der Waals surface area contributed by atoms with Crippen molar-refractivity contribution in [2.24, 2.45) is 0 Å². The molecule has 0 aliphatic rings. The molecule has 0 aromatic heterocycles. The molecular formula is C24H26FN2O+. The van der Waals surface area contributed by atoms with E-state index in [1.165, 1.54) is 6.07 Å². The third-order valence-electron chi connectivity index (χ3n) is 4.97. The zero-order chi connectivity index (χ0) is 20.1. The summed E-state index contributed by atoms with van der Waals surface area (Å²) in [5, 5.41) is 3.08. The van der Waals surface area contributed by atoms with Crippen molar-refractivity contribution in [1.29, 1.82) is 0 Å². The van der Waals surface area contributed by atoms with Crippen molar-refractivity contribution in [3.63, 3.8) is 0 Å². The summed E-state index contributed by atoms with van der Waals surface area (Å²) in [6, 6.07) is 21.9. The van der Waals surface area contributed by atoms with Gasteiger partial charge in [0.15, 0.2) is 6.04 Å². The van der Waals surface area contributed by atoms with Crippen LogP contribution in [0.4, 0.5) is 10.1 Å². The molecule has 0 aliphatic heterocycles. The Morgan fingerprint density at radius 1 is 1.00 bits per heavy atom. The first-order chi connectivity index (χ1) is 13.5. The van der Waals surface area contributed by atoms with E-state index in [1.54, 1.807) is 12.1 Å². The fourth-order valence-electron chi connectivity index (χ4n) is 3.42. The van der Waals surface area contributed by atoms with Gasteiger partial charge in [-0.15, -0.1) is 0 Å². The molecule has 3 aromatic carbocycles. The number of anilines is 1. The number of nitrogens with one attached hydrogen (secondary N) is 2. The Morgan fingerprint density at radius 3 is 2.39 bits per heavy atom. The van der Waals surface area contributed by atoms with Gasteiger partial charge in [-0.05, 0) is 37.1 Å². The molecule has 0 saturated heterocycles. The molecule has 144 valence electrons. The fourth-order valence-corrected chi connectivity index (χ4v) is 3.42. The Balaban J connectivity index is 1.89. The van der Waals surface area contributed by atoms with Crippen LogP contribution in [0, 0.1) is 19.7 Å². The highest BCUT2D eigenvalue weighted by Gasteiger charge is 2.30. The van der Waals surface area contributed by atoms with Crippen molar-refractivity contribution in [2.75, 3.05) is 12.4 Å². The first-order valence-electron chi connectivity index (χ1n) is 9.44. The molecule has 3 rings (SSSR count). The molecule has 0 saturated carbocycles. The standard InChI is InChI=1S/C24H25FN2O/c1-17-13-14-18(2)22(15-17)26-24(28)23(19-9-5-4-6-10-19)27(3)16-20-11-7-8-12-21(20)25/h4-15,23H,16H2,1-3H3,(H,26,28)/p+1/t23-/m1/s1. The van der Waals surface area contributed by atoms with E-state index < -0.39 is 6.04 Å². The van der Waals surface area contributed by atoms with Crippen LogP contribution in [0.5, 0.6) is 0 Å². The number of carbonyl (C=O) groups is 1. The van der Waals surface area contributed by atoms with E-state index in [0.717, 1.165) is 27.3 Å². The predicted octanol–water partition coefficient (Wildman–Crippen LogP) is 3.84. The second-order valence-corrected chi connectivity index (χ2v) is 7.27. The summed E-state index contributed by atoms with van der Waals surface area (Å²) >= 11 is 0. The molecule has 0 fully saturated rings. The topological polar surface area (TPSA) is 33.5 Å². The Bertz CT molecular complexity index is 956. The smallest absolute Gasteiger partial charge is 0.287 e. The summed E-state index contributed by atoms with van der Waals surface area (Å²) in [7, 11) is 1.92. The molecule has 4 heteroatoms. The number of rotatable bonds is 6. The molecule has 1 amide bonds. The maximum atomic E-state index is 14.1. The van der Waals surface area contributed by atoms with Crippen LogP contribution in [0.3, 0.4) is 0 Å². The van der Waals surface area contributed by atoms with E-state index in [9.17, 15) is 9.18 Å². The largest absolute Gasteiger partial charge is 0.320 e. The molecule has 1 unspecified atom stereocenters. The minimum Gasteiger partial charge on any atom is -0.320 e. The van der Waals surface area contributed by atoms with Crippen LogP contribution >= 0.6 is 0 Å². The molecule has 3 nitrogen and oxygen atoms in total. The van der Waals surface area contributed by atoms with Crippen molar-refractivity contribution in [3.8, 4) is 0 Å². The minimum atomic E-state index is -0.458. The second-order valence-electron chi connectivity index (χ2n) is 7.27. The first kappa shape index (κ1) is 19.8. The summed E-state index contributed by atoms with van der Waals surface area (Å²) < 4.78 is 14.1. The monoisotopic (exact) mass is 377 g/mol. The number of benzene rings is 3. The Labute approximate surface area is 165 Å². The lowest BCUT2D eigenvalue weighted by Gasteiger charge is -2.25. The zero-order valence-corrected chi connectivity index (χ0v) is 16.5. The Kier molecular flexibility index (Phi) is 6.22. The highest BCUT2D eigenvalue weighted by Crippen LogP contribution is 2.19. The fraction of sp³-hybridized carbons (Fsp3) is 0.208. The highest BCUT2D eigenvalue weighted by atomic mass is 19.1. The van der Waals surface area contributed by atoms with Gasteiger partial charge >= 0.3 is 0 Å². The lowest BCUT2D eigenvalue weighted by Crippen LogP contribution is -3.09. The summed E-state index contributed by atoms with van der Waals surface area (Å²) in [6.07, 6.45) is 0. The van der Waals surface area contributed by atoms with Gasteiger partial charge in [-0.3, -0.25) is 4.79 Å². The van der Waals surface area contributed by atoms with E-state index >= 15 is 0 Å². The number of hydrogen-bond donors (Lipinski definition) is 2. The van der Waals surface area contributed by atoms with E-state index in [0.29, 0.717) is 12.1 Å². The number of carbonyl (C=O) groups excluding carboxylic acids is 1. The van der Waals surface area contributed by atoms with Crippen molar-refractivity contribution < 1.29 is 14.1 Å². The molecule has 0 radical (unpaired) electrons. The van der Waals surface area contributed by atoms with Gasteiger partial charge in [0.25, 0.3) is 5.91 Å². The zero-order valence-electron chi connectivity index (χ0n) is 16.5. The predicted molar refractivity (Wildman–Crippen MR) is 111 cm³/mol. The van der Waals surface area contributed by atoms with Gasteiger partial charge in [0.05, 0.1) is 7.05 Å². The number of amides is 1. The van der Waals surface area contributed by atoms with Crippen molar-refractivity contribution in [2.45, 2.75) is 26.4 Å². The Hall–Kier alpha value is -2.98. The average molecular weight is 377 g/mol. The number of aryl methyl sites for hydroxylation is 2. The number of quaternary nitrogens is 1. The molecule has 0 heterocycles. The molecule has 3 aromatic rings. The molecule has 0 aliphatic carbocycles. The van der Waals surface area contributed by atoms with Gasteiger partial charge in [0.1, 0.15) is 12.4 Å². The minimum absolute atomic E-state index is 0.103. The van der Waals surface area contributed by atoms with E-state index in [1.807, 2.05) is 75.5 Å². The lowest BCUT2D eigenvalue weighted by molar-refractivity contribution is -0.916. The maximum absolute atomic E-state index is 14.1. The molecular weight excluding hydrogens is 351 g/mol. The number of likely N-dealkylation sites (N-methyl/N-ethyl adjacent to an activating group) is 1. The van der Waals surface area contributed by atoms with Crippen LogP contribution in [0.15, 0.2) is 72.8 Å². The Morgan fingerprint density at radius 2 is 1.68 bits per heavy atom. The van der Waals surface area contributed by atoms with E-state index in [4.69, 9.17) is 0 Å². The summed E-state index contributed by atoms with van der Waals surface area (Å²) in [5.74, 6) is -0.350. The highest BCUT2D eigenvalue weighted by molar-refractivity contribution is 5.95. The van der Waals surface area contributed by atoms with Crippen LogP contribution in [0.2, 0.25) is 0 Å². The van der Waals surface area contributed by atoms with Gasteiger partial charge < -0.3 is 10.2 Å². The molecule has 0 spiro atoms. The average Bonchev–Trinajstić information content (AvgIpc) is 2.67. The third kappa shape index (κ3) is 4.65. The normalized spacial score (nSPS) is 13.0. The van der Waals surface area contributed by atoms with Crippen LogP contribution < -0.4 is 10.2 Å². The quantitative estimate of drug-likeness (QED) is 0.672. The maximum Gasteiger partial charge on any atom is 0.287 e. The molecule has 28 heavy (non-hydrogen) atoms. The van der Waals surface area contributed by atoms with Gasteiger partial charge in [0.2, 0.25) is 0 Å². The first-order valence-corrected chi connectivity index (χ1v) is 9.44. The van der Waals surface area contributed by atoms with Gasteiger partial charge in [0, 0.05) is 16.8 Å². The van der Waals surface area contributed by atoms with Crippen LogP contribution in [0.1, 0.15) is 28.3 Å². The van der Waals surface area contributed by atoms with Gasteiger partial charge in [-0.2, -0.15) is 0 Å². The third-order valence-corrected chi connectivity index (χ3v) is 4.97. The number of hydrogen-bond acceptors (Lipinski definition) is 1. The molecule has 2 atom stereocenters. The summed E-state index contributed by atoms with van der Waals surface area (Å²) in [5.41, 5.74) is 4.41. The second kappa shape index (κ2) is 8.81. The van der Waals surface area contributed by atoms with Crippen LogP contribution in [-0.4, -0.2) is 13.0 Å². The van der Waals surface area contributed by atoms with E-state index in [2.05, 4.69) is 5.32 Å². The van der Waals surface area contributed by atoms with Crippen molar-refractivity contribution in [3.05, 3.63) is 101 Å². The lowest BCUT2D eigenvalue weighted by atomic mass is 10.0. The SMILES string of the molecule is Cc1ccc(C)c(NC(=O)[C@@H](c2ccccc2)[NH+](C)Cc2ccccc2F)c1. The van der Waals surface area contributed by atoms with Crippen molar-refractivity contribution >= 4 is 11.6 Å².